The number of hydrogen-bond acceptors (Lipinski definition) is 6. The van der Waals surface area contributed by atoms with Crippen LogP contribution in [0.2, 0.25) is 0 Å². The third kappa shape index (κ3) is 8.49. The van der Waals surface area contributed by atoms with E-state index in [0.717, 1.165) is 5.56 Å². The van der Waals surface area contributed by atoms with E-state index in [1.807, 2.05) is 18.2 Å². The van der Waals surface area contributed by atoms with Gasteiger partial charge in [0.1, 0.15) is 0 Å². The van der Waals surface area contributed by atoms with E-state index in [9.17, 15) is 9.90 Å². The molecule has 0 amide bonds. The van der Waals surface area contributed by atoms with Crippen molar-refractivity contribution in [2.75, 3.05) is 13.6 Å². The van der Waals surface area contributed by atoms with Gasteiger partial charge in [-0.25, -0.2) is 19.6 Å². The van der Waals surface area contributed by atoms with E-state index >= 15 is 0 Å². The molecule has 4 rings (SSSR count). The molecule has 0 saturated heterocycles. The van der Waals surface area contributed by atoms with Crippen LogP contribution in [0.1, 0.15) is 28.8 Å². The Bertz CT molecular complexity index is 970. The van der Waals surface area contributed by atoms with Gasteiger partial charge in [-0.2, -0.15) is 0 Å². The molecule has 2 aromatic carbocycles. The minimum absolute atomic E-state index is 0. The van der Waals surface area contributed by atoms with Crippen LogP contribution >= 0.6 is 11.6 Å². The van der Waals surface area contributed by atoms with Gasteiger partial charge in [0.15, 0.2) is 23.0 Å². The molecule has 1 N–H and O–H groups in total. The number of rotatable bonds is 6. The van der Waals surface area contributed by atoms with Crippen LogP contribution in [0.15, 0.2) is 74.4 Å². The Kier molecular flexibility index (Phi) is 14.5. The Hall–Kier alpha value is -2.29. The number of fused-ring (bicyclic) bond motifs is 2. The van der Waals surface area contributed by atoms with Crippen molar-refractivity contribution < 1.29 is 41.3 Å². The van der Waals surface area contributed by atoms with Crippen molar-refractivity contribution in [1.29, 1.82) is 0 Å². The summed E-state index contributed by atoms with van der Waals surface area (Å²) >= 11 is 5.27. The van der Waals surface area contributed by atoms with Gasteiger partial charge in [-0.3, -0.25) is 4.79 Å². The van der Waals surface area contributed by atoms with E-state index < -0.39 is 10.8 Å². The topological polar surface area (TPSA) is 74.2 Å². The maximum absolute atomic E-state index is 10.7. The second-order valence-electron chi connectivity index (χ2n) is 6.72. The number of ether oxygens (including phenoxy) is 4. The maximum Gasteiger partial charge on any atom is 2.00 e. The van der Waals surface area contributed by atoms with E-state index in [0.29, 0.717) is 41.4 Å². The fraction of sp³-hybridized carbons (Fsp3) is 0.200. The molecule has 6 nitrogen and oxygen atoms in total. The van der Waals surface area contributed by atoms with Crippen LogP contribution in [0.3, 0.4) is 0 Å². The molecule has 0 atom stereocenters. The molecule has 0 aromatic heterocycles. The van der Waals surface area contributed by atoms with Crippen molar-refractivity contribution in [3.63, 3.8) is 0 Å². The second kappa shape index (κ2) is 15.6. The summed E-state index contributed by atoms with van der Waals surface area (Å²) in [6.45, 7) is 14.3. The zero-order valence-corrected chi connectivity index (χ0v) is 21.7. The molecule has 0 unspecified atom stereocenters. The molecule has 0 fully saturated rings. The third-order valence-corrected chi connectivity index (χ3v) is 4.69. The zero-order valence-electron chi connectivity index (χ0n) is 18.8. The molecule has 2 aromatic rings. The van der Waals surface area contributed by atoms with Gasteiger partial charge in [0.25, 0.3) is 5.24 Å². The minimum Gasteiger partial charge on any atom is -1.00 e. The Labute approximate surface area is 227 Å². The van der Waals surface area contributed by atoms with Crippen molar-refractivity contribution >= 4 is 39.9 Å². The van der Waals surface area contributed by atoms with Crippen molar-refractivity contribution in [3.8, 4) is 23.0 Å². The monoisotopic (exact) mass is 516 g/mol. The molecular formula is C25H26Cl2MgO6. The summed E-state index contributed by atoms with van der Waals surface area (Å²) in [5, 5.41) is 10.1. The van der Waals surface area contributed by atoms with Crippen molar-refractivity contribution in [2.24, 2.45) is 0 Å². The second-order valence-corrected chi connectivity index (χ2v) is 7.06. The first-order valence-electron chi connectivity index (χ1n) is 9.72. The molecule has 0 radical (unpaired) electrons. The number of halogens is 2. The Morgan fingerprint density at radius 2 is 1.38 bits per heavy atom. The Morgan fingerprint density at radius 1 is 0.941 bits per heavy atom. The van der Waals surface area contributed by atoms with Crippen molar-refractivity contribution in [3.05, 3.63) is 92.4 Å². The number of benzene rings is 2. The van der Waals surface area contributed by atoms with E-state index in [4.69, 9.17) is 30.5 Å². The van der Waals surface area contributed by atoms with Gasteiger partial charge in [0.2, 0.25) is 13.6 Å². The molecule has 0 spiro atoms. The summed E-state index contributed by atoms with van der Waals surface area (Å²) in [4.78, 5) is 10.7. The van der Waals surface area contributed by atoms with Crippen LogP contribution in [0.4, 0.5) is 0 Å². The predicted molar refractivity (Wildman–Crippen MR) is 130 cm³/mol. The van der Waals surface area contributed by atoms with Crippen LogP contribution in [0.5, 0.6) is 23.0 Å². The van der Waals surface area contributed by atoms with E-state index in [2.05, 4.69) is 26.7 Å². The first kappa shape index (κ1) is 31.7. The SMILES string of the molecule is C=CCC(O)(CC=C)c1ccc2c(c1)OCO2.C=C[CH2-].O=C(Cl)c1ccc2c(c1)OCO2.[Cl-].[Mg+2]. The summed E-state index contributed by atoms with van der Waals surface area (Å²) in [7, 11) is 0. The van der Waals surface area contributed by atoms with Crippen molar-refractivity contribution in [2.45, 2.75) is 18.4 Å². The number of aliphatic hydroxyl groups is 1. The van der Waals surface area contributed by atoms with Gasteiger partial charge in [-0.15, -0.1) is 13.2 Å². The fourth-order valence-electron chi connectivity index (χ4n) is 3.00. The van der Waals surface area contributed by atoms with E-state index in [1.165, 1.54) is 6.08 Å². The third-order valence-electron chi connectivity index (χ3n) is 4.47. The number of carbonyl (C=O) groups excluding carboxylic acids is 1. The fourth-order valence-corrected chi connectivity index (χ4v) is 3.12. The molecule has 0 bridgehead atoms. The Morgan fingerprint density at radius 3 is 1.85 bits per heavy atom. The molecule has 2 aliphatic rings. The van der Waals surface area contributed by atoms with Crippen LogP contribution in [0, 0.1) is 6.92 Å². The normalized spacial score (nSPS) is 11.7. The van der Waals surface area contributed by atoms with Crippen LogP contribution < -0.4 is 31.4 Å². The van der Waals surface area contributed by atoms with Crippen LogP contribution in [0.25, 0.3) is 0 Å². The van der Waals surface area contributed by atoms with Gasteiger partial charge in [-0.1, -0.05) is 18.2 Å². The van der Waals surface area contributed by atoms with E-state index in [1.54, 1.807) is 30.4 Å². The molecule has 9 heteroatoms. The molecule has 34 heavy (non-hydrogen) atoms. The summed E-state index contributed by atoms with van der Waals surface area (Å²) < 4.78 is 20.7. The summed E-state index contributed by atoms with van der Waals surface area (Å²) in [6.07, 6.45) is 5.85. The largest absolute Gasteiger partial charge is 2.00 e. The van der Waals surface area contributed by atoms with Crippen molar-refractivity contribution in [1.82, 2.24) is 0 Å². The molecule has 2 aliphatic heterocycles. The standard InChI is InChI=1S/C14H16O3.C8H5ClO3.C3H5.ClH.Mg/c1-3-7-14(15,8-4-2)11-5-6-12-13(9-11)17-10-16-12;9-8(10)5-1-2-6-7(3-5)12-4-11-6;1-3-2;;/h3-6,9,15H,1-2,7-8,10H2;1-3H,4H2;3H,1-2H2;1H;/q;;-1;;+2/p-1. The average Bonchev–Trinajstić information content (AvgIpc) is 3.43. The van der Waals surface area contributed by atoms with Gasteiger partial charge in [-0.05, 0) is 60.3 Å². The van der Waals surface area contributed by atoms with Gasteiger partial charge >= 0.3 is 23.1 Å². The summed E-state index contributed by atoms with van der Waals surface area (Å²) in [5.74, 6) is 2.61. The summed E-state index contributed by atoms with van der Waals surface area (Å²) in [6, 6.07) is 10.3. The molecule has 0 saturated carbocycles. The predicted octanol–water partition coefficient (Wildman–Crippen LogP) is 2.18. The molecule has 0 aliphatic carbocycles. The minimum atomic E-state index is -0.968. The number of allylic oxidation sites excluding steroid dienone is 1. The van der Waals surface area contributed by atoms with Crippen LogP contribution in [-0.4, -0.2) is 47.0 Å². The summed E-state index contributed by atoms with van der Waals surface area (Å²) in [5.41, 5.74) is 0.243. The molecule has 2 heterocycles. The van der Waals surface area contributed by atoms with Gasteiger partial charge in [0, 0.05) is 5.56 Å². The zero-order chi connectivity index (χ0) is 23.6. The van der Waals surface area contributed by atoms with Gasteiger partial charge < -0.3 is 36.5 Å². The number of hydrogen-bond donors (Lipinski definition) is 1. The number of carbonyl (C=O) groups is 1. The smallest absolute Gasteiger partial charge is 1.00 e. The first-order valence-corrected chi connectivity index (χ1v) is 10.1. The van der Waals surface area contributed by atoms with Crippen LogP contribution in [-0.2, 0) is 5.60 Å². The molecule has 178 valence electrons. The quantitative estimate of drug-likeness (QED) is 0.274. The molecular weight excluding hydrogens is 491 g/mol. The van der Waals surface area contributed by atoms with Gasteiger partial charge in [0.05, 0.1) is 5.60 Å². The van der Waals surface area contributed by atoms with E-state index in [-0.39, 0.29) is 49.0 Å². The average molecular weight is 518 g/mol. The Balaban J connectivity index is 0.000000566. The first-order chi connectivity index (χ1) is 15.4. The maximum atomic E-state index is 10.7.